The molecule has 1 aromatic rings. The first-order valence-electron chi connectivity index (χ1n) is 8.18. The van der Waals surface area contributed by atoms with Crippen LogP contribution in [0.5, 0.6) is 0 Å². The van der Waals surface area contributed by atoms with Crippen molar-refractivity contribution in [2.75, 3.05) is 39.3 Å². The van der Waals surface area contributed by atoms with E-state index in [0.717, 1.165) is 39.0 Å². The summed E-state index contributed by atoms with van der Waals surface area (Å²) in [6.45, 7) is 4.74. The second-order valence-corrected chi connectivity index (χ2v) is 8.13. The molecule has 1 unspecified atom stereocenters. The summed E-state index contributed by atoms with van der Waals surface area (Å²) in [5, 5.41) is 14.0. The topological polar surface area (TPSA) is 95.8 Å². The number of nitrogens with one attached hydrogen (secondary N) is 1. The van der Waals surface area contributed by atoms with Gasteiger partial charge in [-0.15, -0.1) is 0 Å². The summed E-state index contributed by atoms with van der Waals surface area (Å²) in [5.41, 5.74) is -0.105. The number of hydrogen-bond donors (Lipinski definition) is 1. The Bertz CT molecular complexity index is 686. The van der Waals surface area contributed by atoms with E-state index < -0.39 is 14.9 Å². The van der Waals surface area contributed by atoms with Crippen molar-refractivity contribution < 1.29 is 13.3 Å². The molecule has 0 saturated carbocycles. The van der Waals surface area contributed by atoms with E-state index in [1.165, 1.54) is 28.6 Å². The normalized spacial score (nSPS) is 23.9. The summed E-state index contributed by atoms with van der Waals surface area (Å²) in [4.78, 5) is 12.7. The maximum atomic E-state index is 12.8. The van der Waals surface area contributed by atoms with Gasteiger partial charge in [0.05, 0.1) is 9.82 Å². The molecule has 2 fully saturated rings. The van der Waals surface area contributed by atoms with Crippen LogP contribution in [-0.2, 0) is 10.0 Å². The Morgan fingerprint density at radius 3 is 2.42 bits per heavy atom. The Balaban J connectivity index is 1.74. The van der Waals surface area contributed by atoms with Crippen LogP contribution >= 0.6 is 0 Å². The lowest BCUT2D eigenvalue weighted by atomic mass is 10.1. The molecule has 3 rings (SSSR count). The first-order chi connectivity index (χ1) is 11.5. The molecule has 8 nitrogen and oxygen atoms in total. The smallest absolute Gasteiger partial charge is 0.269 e. The molecule has 132 valence electrons. The predicted octanol–water partition coefficient (Wildman–Crippen LogP) is 0.653. The van der Waals surface area contributed by atoms with Crippen LogP contribution in [0.3, 0.4) is 0 Å². The van der Waals surface area contributed by atoms with E-state index in [2.05, 4.69) is 10.2 Å². The maximum Gasteiger partial charge on any atom is 0.269 e. The summed E-state index contributed by atoms with van der Waals surface area (Å²) in [6, 6.07) is 5.37. The second-order valence-electron chi connectivity index (χ2n) is 6.20. The van der Waals surface area contributed by atoms with Gasteiger partial charge in [-0.25, -0.2) is 8.42 Å². The fourth-order valence-corrected chi connectivity index (χ4v) is 4.89. The molecule has 1 atom stereocenters. The summed E-state index contributed by atoms with van der Waals surface area (Å²) < 4.78 is 27.2. The van der Waals surface area contributed by atoms with Crippen molar-refractivity contribution in [3.8, 4) is 0 Å². The highest BCUT2D eigenvalue weighted by molar-refractivity contribution is 7.89. The van der Waals surface area contributed by atoms with Crippen molar-refractivity contribution in [1.82, 2.24) is 14.5 Å². The molecular formula is C15H22N4O4S. The van der Waals surface area contributed by atoms with E-state index in [0.29, 0.717) is 13.1 Å². The highest BCUT2D eigenvalue weighted by Crippen LogP contribution is 2.24. The molecule has 2 heterocycles. The SMILES string of the molecule is O=[N+]([O-])c1ccc(S(=O)(=O)N2CCCC(N3CCNCC3)C2)cc1. The molecular weight excluding hydrogens is 332 g/mol. The zero-order valence-corrected chi connectivity index (χ0v) is 14.2. The second kappa shape index (κ2) is 7.14. The van der Waals surface area contributed by atoms with Gasteiger partial charge in [0.15, 0.2) is 0 Å². The highest BCUT2D eigenvalue weighted by Gasteiger charge is 2.33. The summed E-state index contributed by atoms with van der Waals surface area (Å²) >= 11 is 0. The van der Waals surface area contributed by atoms with E-state index in [4.69, 9.17) is 0 Å². The molecule has 1 N–H and O–H groups in total. The third kappa shape index (κ3) is 3.59. The van der Waals surface area contributed by atoms with Gasteiger partial charge in [-0.05, 0) is 25.0 Å². The van der Waals surface area contributed by atoms with Gasteiger partial charge in [0, 0.05) is 57.4 Å². The van der Waals surface area contributed by atoms with Gasteiger partial charge in [0.25, 0.3) is 5.69 Å². The zero-order valence-electron chi connectivity index (χ0n) is 13.4. The number of non-ortho nitro benzene ring substituents is 1. The fraction of sp³-hybridized carbons (Fsp3) is 0.600. The molecule has 0 amide bonds. The van der Waals surface area contributed by atoms with E-state index >= 15 is 0 Å². The van der Waals surface area contributed by atoms with Crippen LogP contribution in [0.2, 0.25) is 0 Å². The minimum absolute atomic E-state index is 0.105. The molecule has 0 aliphatic carbocycles. The van der Waals surface area contributed by atoms with Gasteiger partial charge in [-0.2, -0.15) is 4.31 Å². The van der Waals surface area contributed by atoms with Crippen LogP contribution in [0.25, 0.3) is 0 Å². The highest BCUT2D eigenvalue weighted by atomic mass is 32.2. The van der Waals surface area contributed by atoms with Crippen molar-refractivity contribution in [1.29, 1.82) is 0 Å². The number of nitro groups is 1. The van der Waals surface area contributed by atoms with Crippen molar-refractivity contribution in [3.63, 3.8) is 0 Å². The molecule has 0 radical (unpaired) electrons. The Hall–Kier alpha value is -1.55. The van der Waals surface area contributed by atoms with Gasteiger partial charge in [0.2, 0.25) is 10.0 Å². The first-order valence-corrected chi connectivity index (χ1v) is 9.62. The van der Waals surface area contributed by atoms with E-state index in [1.54, 1.807) is 0 Å². The average Bonchev–Trinajstić information content (AvgIpc) is 2.62. The molecule has 2 saturated heterocycles. The van der Waals surface area contributed by atoms with E-state index in [-0.39, 0.29) is 16.6 Å². The van der Waals surface area contributed by atoms with Crippen molar-refractivity contribution >= 4 is 15.7 Å². The standard InChI is InChI=1S/C15H22N4O4S/c20-19(21)13-3-5-15(6-4-13)24(22,23)18-9-1-2-14(12-18)17-10-7-16-8-11-17/h3-6,14,16H,1-2,7-12H2. The van der Waals surface area contributed by atoms with Crippen LogP contribution in [-0.4, -0.2) is 67.9 Å². The Morgan fingerprint density at radius 2 is 1.79 bits per heavy atom. The monoisotopic (exact) mass is 354 g/mol. The molecule has 2 aliphatic heterocycles. The first kappa shape index (κ1) is 17.3. The Kier molecular flexibility index (Phi) is 5.14. The Labute approximate surface area is 141 Å². The van der Waals surface area contributed by atoms with Gasteiger partial charge >= 0.3 is 0 Å². The molecule has 1 aromatic carbocycles. The number of rotatable bonds is 4. The predicted molar refractivity (Wildman–Crippen MR) is 89.3 cm³/mol. The fourth-order valence-electron chi connectivity index (χ4n) is 3.37. The van der Waals surface area contributed by atoms with Crippen LogP contribution in [0, 0.1) is 10.1 Å². The van der Waals surface area contributed by atoms with Gasteiger partial charge in [0.1, 0.15) is 0 Å². The van der Waals surface area contributed by atoms with Crippen LogP contribution in [0.15, 0.2) is 29.2 Å². The number of benzene rings is 1. The molecule has 9 heteroatoms. The van der Waals surface area contributed by atoms with Gasteiger partial charge in [-0.3, -0.25) is 15.0 Å². The molecule has 0 spiro atoms. The van der Waals surface area contributed by atoms with Gasteiger partial charge in [-0.1, -0.05) is 0 Å². The van der Waals surface area contributed by atoms with Crippen molar-refractivity contribution in [3.05, 3.63) is 34.4 Å². The summed E-state index contributed by atoms with van der Waals surface area (Å²) in [5.74, 6) is 0. The van der Waals surface area contributed by atoms with E-state index in [1.807, 2.05) is 0 Å². The third-order valence-corrected chi connectivity index (χ3v) is 6.59. The zero-order chi connectivity index (χ0) is 17.2. The quantitative estimate of drug-likeness (QED) is 0.630. The minimum Gasteiger partial charge on any atom is -0.314 e. The molecule has 2 aliphatic rings. The van der Waals surface area contributed by atoms with Crippen LogP contribution in [0.4, 0.5) is 5.69 Å². The molecule has 0 aromatic heterocycles. The maximum absolute atomic E-state index is 12.8. The number of hydrogen-bond acceptors (Lipinski definition) is 6. The molecule has 0 bridgehead atoms. The average molecular weight is 354 g/mol. The number of piperidine rings is 1. The van der Waals surface area contributed by atoms with Gasteiger partial charge < -0.3 is 5.32 Å². The van der Waals surface area contributed by atoms with E-state index in [9.17, 15) is 18.5 Å². The lowest BCUT2D eigenvalue weighted by Crippen LogP contribution is -2.54. The Morgan fingerprint density at radius 1 is 1.12 bits per heavy atom. The van der Waals surface area contributed by atoms with Crippen molar-refractivity contribution in [2.24, 2.45) is 0 Å². The lowest BCUT2D eigenvalue weighted by molar-refractivity contribution is -0.384. The number of piperazine rings is 1. The third-order valence-electron chi connectivity index (χ3n) is 4.71. The number of sulfonamides is 1. The number of nitro benzene ring substituents is 1. The molecule has 24 heavy (non-hydrogen) atoms. The largest absolute Gasteiger partial charge is 0.314 e. The summed E-state index contributed by atoms with van der Waals surface area (Å²) in [6.07, 6.45) is 1.84. The minimum atomic E-state index is -3.61. The van der Waals surface area contributed by atoms with Crippen molar-refractivity contribution in [2.45, 2.75) is 23.8 Å². The number of nitrogens with zero attached hydrogens (tertiary/aromatic N) is 3. The van der Waals surface area contributed by atoms with Crippen LogP contribution in [0.1, 0.15) is 12.8 Å². The lowest BCUT2D eigenvalue weighted by Gasteiger charge is -2.40. The van der Waals surface area contributed by atoms with Crippen LogP contribution < -0.4 is 5.32 Å². The summed E-state index contributed by atoms with van der Waals surface area (Å²) in [7, 11) is -3.61.